The third kappa shape index (κ3) is 8.45. The number of likely N-dealkylation sites (N-methyl/N-ethyl adjacent to an activating group) is 1. The Labute approximate surface area is 346 Å². The Hall–Kier alpha value is -3.80. The number of nitrogens with zero attached hydrogens (tertiary/aromatic N) is 5. The van der Waals surface area contributed by atoms with Crippen molar-refractivity contribution in [3.05, 3.63) is 30.1 Å². The van der Waals surface area contributed by atoms with Crippen LogP contribution in [0.5, 0.6) is 5.75 Å². The highest BCUT2D eigenvalue weighted by Gasteiger charge is 2.62. The molecule has 4 saturated heterocycles. The van der Waals surface area contributed by atoms with Gasteiger partial charge in [-0.05, 0) is 73.2 Å². The molecule has 2 N–H and O–H groups in total. The van der Waals surface area contributed by atoms with Gasteiger partial charge in [0.1, 0.15) is 29.7 Å². The highest BCUT2D eigenvalue weighted by molar-refractivity contribution is 6.00. The molecule has 6 heterocycles. The fourth-order valence-corrected chi connectivity index (χ4v) is 10.1. The highest BCUT2D eigenvalue weighted by Crippen LogP contribution is 2.44. The van der Waals surface area contributed by atoms with E-state index in [-0.39, 0.29) is 36.8 Å². The van der Waals surface area contributed by atoms with Gasteiger partial charge in [-0.1, -0.05) is 27.7 Å². The van der Waals surface area contributed by atoms with E-state index in [4.69, 9.17) is 23.7 Å². The first-order valence-corrected chi connectivity index (χ1v) is 20.9. The number of aliphatic hydroxyl groups excluding tert-OH is 1. The number of cyclic esters (lactones) is 1. The lowest BCUT2D eigenvalue weighted by Gasteiger charge is -2.48. The van der Waals surface area contributed by atoms with Crippen LogP contribution in [0.25, 0.3) is 11.0 Å². The first-order valence-electron chi connectivity index (χ1n) is 20.9. The van der Waals surface area contributed by atoms with Gasteiger partial charge in [-0.2, -0.15) is 0 Å². The van der Waals surface area contributed by atoms with Crippen molar-refractivity contribution < 1.29 is 53.1 Å². The van der Waals surface area contributed by atoms with Gasteiger partial charge in [-0.25, -0.2) is 14.8 Å². The second-order valence-electron chi connectivity index (χ2n) is 18.0. The van der Waals surface area contributed by atoms with E-state index < -0.39 is 83.4 Å². The van der Waals surface area contributed by atoms with Gasteiger partial charge < -0.3 is 38.8 Å². The summed E-state index contributed by atoms with van der Waals surface area (Å²) in [6.45, 7) is 14.7. The number of amides is 1. The third-order valence-corrected chi connectivity index (χ3v) is 13.3. The maximum absolute atomic E-state index is 14.7. The van der Waals surface area contributed by atoms with Crippen molar-refractivity contribution in [1.82, 2.24) is 24.7 Å². The standard InChI is InChI=1S/C43H63N5O11/c1-12-32-43(8)36(48(41(53)59-43)27-19-47(20-27)21-29-28-14-13-15-44-38(28)45-18-31(29)55-11)24(4)33(49)22(2)17-42(7,54)37(25(5)34(50)26(6)39(52)57-32)58-40-35(51)30(46(9)10)16-23(3)56-40/h13-15,18,22-27,30,32,35-37,40,51,54H,12,16-17,19-21H2,1-11H3/t22-,23-,24+,25+,26-,30+,32-,35-,36-,37-,40+,42-,43-/m1/s1. The number of carbonyl (C=O) groups is 4. The summed E-state index contributed by atoms with van der Waals surface area (Å²) in [4.78, 5) is 71.5. The maximum Gasteiger partial charge on any atom is 0.411 e. The lowest BCUT2D eigenvalue weighted by Crippen LogP contribution is -2.65. The summed E-state index contributed by atoms with van der Waals surface area (Å²) in [5.41, 5.74) is -1.78. The number of esters is 1. The van der Waals surface area contributed by atoms with Crippen LogP contribution in [0.1, 0.15) is 80.2 Å². The van der Waals surface area contributed by atoms with Gasteiger partial charge in [0.15, 0.2) is 23.3 Å². The van der Waals surface area contributed by atoms with Gasteiger partial charge in [0.05, 0.1) is 43.2 Å². The number of hydrogen-bond donors (Lipinski definition) is 2. The van der Waals surface area contributed by atoms with Gasteiger partial charge in [0.25, 0.3) is 0 Å². The molecule has 2 aromatic rings. The number of ketones is 2. The van der Waals surface area contributed by atoms with Crippen LogP contribution in [0.3, 0.4) is 0 Å². The summed E-state index contributed by atoms with van der Waals surface area (Å²) < 4.78 is 30.5. The smallest absolute Gasteiger partial charge is 0.411 e. The Morgan fingerprint density at radius 3 is 2.36 bits per heavy atom. The number of pyridine rings is 2. The van der Waals surface area contributed by atoms with Crippen molar-refractivity contribution in [2.45, 2.75) is 141 Å². The van der Waals surface area contributed by atoms with Crippen LogP contribution in [0.15, 0.2) is 24.5 Å². The van der Waals surface area contributed by atoms with Crippen LogP contribution < -0.4 is 4.74 Å². The molecule has 0 radical (unpaired) electrons. The second kappa shape index (κ2) is 17.3. The zero-order valence-corrected chi connectivity index (χ0v) is 36.3. The Morgan fingerprint density at radius 2 is 1.71 bits per heavy atom. The van der Waals surface area contributed by atoms with Gasteiger partial charge in [-0.3, -0.25) is 24.2 Å². The molecule has 4 aliphatic heterocycles. The van der Waals surface area contributed by atoms with E-state index in [1.807, 2.05) is 38.1 Å². The van der Waals surface area contributed by atoms with E-state index in [0.29, 0.717) is 37.5 Å². The lowest BCUT2D eigenvalue weighted by molar-refractivity contribution is -0.293. The quantitative estimate of drug-likeness (QED) is 0.291. The molecule has 4 aliphatic rings. The minimum Gasteiger partial charge on any atom is -0.495 e. The van der Waals surface area contributed by atoms with E-state index in [1.165, 1.54) is 13.8 Å². The number of hydrogen-bond acceptors (Lipinski definition) is 15. The molecular weight excluding hydrogens is 762 g/mol. The molecule has 13 atom stereocenters. The first kappa shape index (κ1) is 44.7. The Balaban J connectivity index is 1.31. The largest absolute Gasteiger partial charge is 0.495 e. The fraction of sp³-hybridized carbons (Fsp3) is 0.721. The molecule has 0 aliphatic carbocycles. The zero-order valence-electron chi connectivity index (χ0n) is 36.3. The van der Waals surface area contributed by atoms with Crippen molar-refractivity contribution in [2.75, 3.05) is 34.3 Å². The molecule has 16 heteroatoms. The number of Topliss-reactive ketones (excluding diaryl/α,β-unsaturated/α-hetero) is 2. The average molecular weight is 826 g/mol. The van der Waals surface area contributed by atoms with Crippen LogP contribution in [0.4, 0.5) is 4.79 Å². The van der Waals surface area contributed by atoms with Gasteiger partial charge in [0.2, 0.25) is 0 Å². The number of aliphatic hydroxyl groups is 2. The summed E-state index contributed by atoms with van der Waals surface area (Å²) >= 11 is 0. The van der Waals surface area contributed by atoms with E-state index in [1.54, 1.807) is 59.0 Å². The van der Waals surface area contributed by atoms with Crippen LogP contribution in [0, 0.1) is 23.7 Å². The van der Waals surface area contributed by atoms with Crippen LogP contribution in [0.2, 0.25) is 0 Å². The van der Waals surface area contributed by atoms with Crippen molar-refractivity contribution in [2.24, 2.45) is 23.7 Å². The summed E-state index contributed by atoms with van der Waals surface area (Å²) in [7, 11) is 5.27. The molecule has 0 unspecified atom stereocenters. The maximum atomic E-state index is 14.7. The molecule has 6 rings (SSSR count). The molecular formula is C43H63N5O11. The fourth-order valence-electron chi connectivity index (χ4n) is 10.1. The zero-order chi connectivity index (χ0) is 43.3. The number of ether oxygens (including phenoxy) is 5. The second-order valence-corrected chi connectivity index (χ2v) is 18.0. The van der Waals surface area contributed by atoms with Crippen LogP contribution in [-0.2, 0) is 39.9 Å². The topological polar surface area (TPSA) is 190 Å². The van der Waals surface area contributed by atoms with Gasteiger partial charge in [-0.15, -0.1) is 0 Å². The Morgan fingerprint density at radius 1 is 1.02 bits per heavy atom. The van der Waals surface area contributed by atoms with E-state index in [9.17, 15) is 29.4 Å². The van der Waals surface area contributed by atoms with Gasteiger partial charge in [0, 0.05) is 60.6 Å². The van der Waals surface area contributed by atoms with Crippen molar-refractivity contribution in [3.63, 3.8) is 0 Å². The van der Waals surface area contributed by atoms with Crippen LogP contribution in [-0.4, -0.2) is 153 Å². The van der Waals surface area contributed by atoms with Crippen molar-refractivity contribution >= 4 is 34.7 Å². The van der Waals surface area contributed by atoms with Crippen molar-refractivity contribution in [3.8, 4) is 5.75 Å². The molecule has 0 saturated carbocycles. The normalized spacial score (nSPS) is 38.1. The lowest BCUT2D eigenvalue weighted by atomic mass is 9.73. The summed E-state index contributed by atoms with van der Waals surface area (Å²) in [5.74, 6) is -5.02. The molecule has 2 aromatic heterocycles. The molecule has 0 spiro atoms. The molecule has 0 bridgehead atoms. The van der Waals surface area contributed by atoms with E-state index >= 15 is 0 Å². The molecule has 326 valence electrons. The van der Waals surface area contributed by atoms with Crippen LogP contribution >= 0.6 is 0 Å². The predicted octanol–water partition coefficient (Wildman–Crippen LogP) is 3.37. The average Bonchev–Trinajstić information content (AvgIpc) is 3.44. The summed E-state index contributed by atoms with van der Waals surface area (Å²) in [5, 5.41) is 24.5. The minimum atomic E-state index is -1.83. The number of aromatic nitrogens is 2. The van der Waals surface area contributed by atoms with E-state index in [2.05, 4.69) is 14.9 Å². The highest BCUT2D eigenvalue weighted by atomic mass is 16.7. The molecule has 4 fully saturated rings. The monoisotopic (exact) mass is 825 g/mol. The number of likely N-dealkylation sites (tertiary alicyclic amines) is 1. The number of rotatable bonds is 8. The van der Waals surface area contributed by atoms with E-state index in [0.717, 1.165) is 10.9 Å². The molecule has 1 amide bonds. The Kier molecular flexibility index (Phi) is 13.1. The minimum absolute atomic E-state index is 0.129. The molecule has 59 heavy (non-hydrogen) atoms. The SMILES string of the molecule is CC[C@H]1OC(=O)[C@H](C)C(=O)[C@H](C)[C@@H](O[C@@H]2O[C@H](C)C[C@H](N(C)C)[C@H]2O)[C@](C)(O)C[C@@H](C)C(=O)[C@H](C)[C@H]2N(C3CN(Cc4c(OC)cnc5ncccc45)C3)C(=O)O[C@]12C. The third-order valence-electron chi connectivity index (χ3n) is 13.3. The molecule has 0 aromatic carbocycles. The summed E-state index contributed by atoms with van der Waals surface area (Å²) in [6, 6.07) is 2.25. The van der Waals surface area contributed by atoms with Crippen molar-refractivity contribution in [1.29, 1.82) is 0 Å². The number of fused-ring (bicyclic) bond motifs is 2. The Bertz CT molecular complexity index is 1890. The number of methoxy groups -OCH3 is 1. The molecule has 16 nitrogen and oxygen atoms in total. The summed E-state index contributed by atoms with van der Waals surface area (Å²) in [6.07, 6.45) is -1.59. The van der Waals surface area contributed by atoms with Gasteiger partial charge >= 0.3 is 12.1 Å². The first-order chi connectivity index (χ1) is 27.7. The number of carbonyl (C=O) groups excluding carboxylic acids is 4. The predicted molar refractivity (Wildman–Crippen MR) is 215 cm³/mol.